The molecular formula is C17H35N3O. The zero-order valence-corrected chi connectivity index (χ0v) is 14.4. The fourth-order valence-corrected chi connectivity index (χ4v) is 3.91. The predicted molar refractivity (Wildman–Crippen MR) is 88.7 cm³/mol. The van der Waals surface area contributed by atoms with Gasteiger partial charge in [-0.3, -0.25) is 0 Å². The number of rotatable bonds is 7. The molecule has 2 rings (SSSR count). The summed E-state index contributed by atoms with van der Waals surface area (Å²) in [6, 6.07) is 0. The van der Waals surface area contributed by atoms with Gasteiger partial charge in [0.05, 0.1) is 0 Å². The summed E-state index contributed by atoms with van der Waals surface area (Å²) in [6.07, 6.45) is 5.14. The first-order valence-electron chi connectivity index (χ1n) is 8.79. The third-order valence-corrected chi connectivity index (χ3v) is 5.32. The third-order valence-electron chi connectivity index (χ3n) is 5.32. The SMILES string of the molecule is CCNCC1(CN(C)CC2CCN(C)CC2)CCOCC1. The molecule has 0 aromatic heterocycles. The van der Waals surface area contributed by atoms with Crippen LogP contribution in [0.15, 0.2) is 0 Å². The average molecular weight is 297 g/mol. The van der Waals surface area contributed by atoms with Crippen LogP contribution in [-0.4, -0.2) is 76.4 Å². The van der Waals surface area contributed by atoms with Crippen LogP contribution in [0.1, 0.15) is 32.6 Å². The number of hydrogen-bond acceptors (Lipinski definition) is 4. The summed E-state index contributed by atoms with van der Waals surface area (Å²) in [7, 11) is 4.56. The van der Waals surface area contributed by atoms with E-state index < -0.39 is 0 Å². The van der Waals surface area contributed by atoms with E-state index in [1.165, 1.54) is 51.9 Å². The van der Waals surface area contributed by atoms with Crippen LogP contribution in [0.25, 0.3) is 0 Å². The second kappa shape index (κ2) is 8.47. The Morgan fingerprint density at radius 1 is 1.24 bits per heavy atom. The van der Waals surface area contributed by atoms with Gasteiger partial charge in [-0.25, -0.2) is 0 Å². The highest BCUT2D eigenvalue weighted by Gasteiger charge is 2.33. The van der Waals surface area contributed by atoms with E-state index >= 15 is 0 Å². The summed E-state index contributed by atoms with van der Waals surface area (Å²) >= 11 is 0. The van der Waals surface area contributed by atoms with Gasteiger partial charge in [0.2, 0.25) is 0 Å². The van der Waals surface area contributed by atoms with Gasteiger partial charge in [-0.2, -0.15) is 0 Å². The van der Waals surface area contributed by atoms with E-state index in [0.29, 0.717) is 5.41 Å². The molecule has 0 atom stereocenters. The Kier molecular flexibility index (Phi) is 6.93. The van der Waals surface area contributed by atoms with Crippen LogP contribution in [0.5, 0.6) is 0 Å². The van der Waals surface area contributed by atoms with E-state index in [4.69, 9.17) is 4.74 Å². The first-order chi connectivity index (χ1) is 10.1. The highest BCUT2D eigenvalue weighted by atomic mass is 16.5. The lowest BCUT2D eigenvalue weighted by molar-refractivity contribution is -0.00337. The molecule has 4 heteroatoms. The Labute approximate surface area is 131 Å². The minimum Gasteiger partial charge on any atom is -0.381 e. The molecule has 21 heavy (non-hydrogen) atoms. The zero-order valence-electron chi connectivity index (χ0n) is 14.4. The number of hydrogen-bond donors (Lipinski definition) is 1. The molecule has 4 nitrogen and oxygen atoms in total. The van der Waals surface area contributed by atoms with Crippen LogP contribution in [0.3, 0.4) is 0 Å². The Balaban J connectivity index is 1.81. The number of likely N-dealkylation sites (tertiary alicyclic amines) is 1. The van der Waals surface area contributed by atoms with Gasteiger partial charge < -0.3 is 19.9 Å². The second-order valence-electron chi connectivity index (χ2n) is 7.34. The lowest BCUT2D eigenvalue weighted by Crippen LogP contribution is -2.47. The predicted octanol–water partition coefficient (Wildman–Crippen LogP) is 1.67. The molecule has 0 radical (unpaired) electrons. The monoisotopic (exact) mass is 297 g/mol. The number of nitrogens with zero attached hydrogens (tertiary/aromatic N) is 2. The van der Waals surface area contributed by atoms with Crippen molar-refractivity contribution in [3.05, 3.63) is 0 Å². The fraction of sp³-hybridized carbons (Fsp3) is 1.00. The summed E-state index contributed by atoms with van der Waals surface area (Å²) in [5, 5.41) is 3.58. The molecule has 0 unspecified atom stereocenters. The van der Waals surface area contributed by atoms with Crippen LogP contribution in [0, 0.1) is 11.3 Å². The molecule has 2 aliphatic rings. The largest absolute Gasteiger partial charge is 0.381 e. The van der Waals surface area contributed by atoms with Crippen molar-refractivity contribution in [3.63, 3.8) is 0 Å². The summed E-state index contributed by atoms with van der Waals surface area (Å²) in [6.45, 7) is 11.3. The molecule has 2 aliphatic heterocycles. The van der Waals surface area contributed by atoms with E-state index in [1.54, 1.807) is 0 Å². The fourth-order valence-electron chi connectivity index (χ4n) is 3.91. The molecule has 2 saturated heterocycles. The molecule has 0 aromatic rings. The molecule has 0 aromatic carbocycles. The third kappa shape index (κ3) is 5.51. The van der Waals surface area contributed by atoms with Gasteiger partial charge in [0.1, 0.15) is 0 Å². The van der Waals surface area contributed by atoms with Crippen molar-refractivity contribution >= 4 is 0 Å². The zero-order chi connectivity index (χ0) is 15.1. The van der Waals surface area contributed by atoms with E-state index in [0.717, 1.165) is 32.2 Å². The summed E-state index contributed by atoms with van der Waals surface area (Å²) in [4.78, 5) is 5.06. The smallest absolute Gasteiger partial charge is 0.0472 e. The van der Waals surface area contributed by atoms with Crippen LogP contribution < -0.4 is 5.32 Å². The highest BCUT2D eigenvalue weighted by molar-refractivity contribution is 4.87. The van der Waals surface area contributed by atoms with Crippen molar-refractivity contribution in [2.45, 2.75) is 32.6 Å². The quantitative estimate of drug-likeness (QED) is 0.773. The maximum Gasteiger partial charge on any atom is 0.0472 e. The maximum absolute atomic E-state index is 5.60. The van der Waals surface area contributed by atoms with Crippen LogP contribution in [0.4, 0.5) is 0 Å². The van der Waals surface area contributed by atoms with Crippen LogP contribution in [-0.2, 0) is 4.74 Å². The number of nitrogens with one attached hydrogen (secondary N) is 1. The van der Waals surface area contributed by atoms with Crippen LogP contribution in [0.2, 0.25) is 0 Å². The molecule has 0 aliphatic carbocycles. The van der Waals surface area contributed by atoms with Gasteiger partial charge in [0.25, 0.3) is 0 Å². The van der Waals surface area contributed by atoms with E-state index in [9.17, 15) is 0 Å². The van der Waals surface area contributed by atoms with Gasteiger partial charge in [-0.1, -0.05) is 6.92 Å². The topological polar surface area (TPSA) is 27.7 Å². The first kappa shape index (κ1) is 17.2. The van der Waals surface area contributed by atoms with Gasteiger partial charge in [-0.05, 0) is 70.7 Å². The maximum atomic E-state index is 5.60. The minimum atomic E-state index is 0.425. The second-order valence-corrected chi connectivity index (χ2v) is 7.34. The van der Waals surface area contributed by atoms with Crippen molar-refractivity contribution in [2.24, 2.45) is 11.3 Å². The molecule has 0 saturated carbocycles. The highest BCUT2D eigenvalue weighted by Crippen LogP contribution is 2.31. The van der Waals surface area contributed by atoms with Crippen molar-refractivity contribution < 1.29 is 4.74 Å². The average Bonchev–Trinajstić information content (AvgIpc) is 2.48. The normalized spacial score (nSPS) is 24.6. The van der Waals surface area contributed by atoms with E-state index in [-0.39, 0.29) is 0 Å². The lowest BCUT2D eigenvalue weighted by atomic mass is 9.79. The molecule has 0 bridgehead atoms. The molecule has 2 fully saturated rings. The molecule has 124 valence electrons. The van der Waals surface area contributed by atoms with Gasteiger partial charge in [0, 0.05) is 32.8 Å². The van der Waals surface area contributed by atoms with Crippen molar-refractivity contribution in [3.8, 4) is 0 Å². The standard InChI is InChI=1S/C17H35N3O/c1-4-18-14-17(7-11-21-12-8-17)15-20(3)13-16-5-9-19(2)10-6-16/h16,18H,4-15H2,1-3H3. The molecular weight excluding hydrogens is 262 g/mol. The molecule has 0 spiro atoms. The molecule has 1 N–H and O–H groups in total. The molecule has 2 heterocycles. The molecule has 0 amide bonds. The van der Waals surface area contributed by atoms with Crippen molar-refractivity contribution in [1.29, 1.82) is 0 Å². The Morgan fingerprint density at radius 3 is 2.52 bits per heavy atom. The lowest BCUT2D eigenvalue weighted by Gasteiger charge is -2.41. The van der Waals surface area contributed by atoms with Crippen LogP contribution >= 0.6 is 0 Å². The van der Waals surface area contributed by atoms with Gasteiger partial charge >= 0.3 is 0 Å². The van der Waals surface area contributed by atoms with Gasteiger partial charge in [0.15, 0.2) is 0 Å². The van der Waals surface area contributed by atoms with Crippen molar-refractivity contribution in [2.75, 3.05) is 66.6 Å². The first-order valence-corrected chi connectivity index (χ1v) is 8.79. The number of ether oxygens (including phenoxy) is 1. The van der Waals surface area contributed by atoms with Gasteiger partial charge in [-0.15, -0.1) is 0 Å². The summed E-state index contributed by atoms with van der Waals surface area (Å²) in [5.74, 6) is 0.891. The Hall–Kier alpha value is -0.160. The minimum absolute atomic E-state index is 0.425. The Morgan fingerprint density at radius 2 is 1.90 bits per heavy atom. The van der Waals surface area contributed by atoms with E-state index in [1.807, 2.05) is 0 Å². The summed E-state index contributed by atoms with van der Waals surface area (Å²) < 4.78 is 5.60. The van der Waals surface area contributed by atoms with E-state index in [2.05, 4.69) is 36.1 Å². The number of piperidine rings is 1. The van der Waals surface area contributed by atoms with Crippen molar-refractivity contribution in [1.82, 2.24) is 15.1 Å². The summed E-state index contributed by atoms with van der Waals surface area (Å²) in [5.41, 5.74) is 0.425. The Bertz CT molecular complexity index is 284.